The lowest BCUT2D eigenvalue weighted by Crippen LogP contribution is -2.10. The Morgan fingerprint density at radius 3 is 2.46 bits per heavy atom. The standard InChI is InChI=1S/C28H22FNO5S2/c29-22-9-12-25-24(16-22)21(8-14-27(31)32)17-30(25)37(33,34)28-15-13-26(36-28)20-6-10-23(11-7-20)35-18-19-4-2-1-3-5-19/h1-7,9-13,15-17H,8,14,18H2,(H,31,32). The van der Waals surface area contributed by atoms with Gasteiger partial charge in [0.25, 0.3) is 10.0 Å². The van der Waals surface area contributed by atoms with Crippen molar-refractivity contribution in [3.63, 3.8) is 0 Å². The Hall–Kier alpha value is -3.95. The second-order valence-corrected chi connectivity index (χ2v) is 11.6. The van der Waals surface area contributed by atoms with Crippen LogP contribution >= 0.6 is 11.3 Å². The number of benzene rings is 3. The number of hydrogen-bond acceptors (Lipinski definition) is 5. The van der Waals surface area contributed by atoms with Gasteiger partial charge in [-0.3, -0.25) is 4.79 Å². The first-order chi connectivity index (χ1) is 17.8. The van der Waals surface area contributed by atoms with E-state index in [2.05, 4.69) is 0 Å². The van der Waals surface area contributed by atoms with Crippen molar-refractivity contribution in [2.24, 2.45) is 0 Å². The fraction of sp³-hybridized carbons (Fsp3) is 0.107. The fourth-order valence-electron chi connectivity index (χ4n) is 4.05. The lowest BCUT2D eigenvalue weighted by atomic mass is 10.1. The van der Waals surface area contributed by atoms with Gasteiger partial charge in [0.05, 0.1) is 5.52 Å². The maximum absolute atomic E-state index is 13.9. The minimum Gasteiger partial charge on any atom is -0.489 e. The third-order valence-electron chi connectivity index (χ3n) is 5.90. The molecule has 3 aromatic carbocycles. The van der Waals surface area contributed by atoms with Crippen LogP contribution in [0.5, 0.6) is 5.75 Å². The maximum Gasteiger partial charge on any atom is 0.303 e. The zero-order valence-corrected chi connectivity index (χ0v) is 21.1. The monoisotopic (exact) mass is 535 g/mol. The van der Waals surface area contributed by atoms with Crippen molar-refractivity contribution in [1.29, 1.82) is 0 Å². The van der Waals surface area contributed by atoms with E-state index >= 15 is 0 Å². The molecule has 0 radical (unpaired) electrons. The van der Waals surface area contributed by atoms with E-state index in [-0.39, 0.29) is 17.1 Å². The number of carboxylic acids is 1. The van der Waals surface area contributed by atoms with Gasteiger partial charge in [0, 0.05) is 22.9 Å². The molecular weight excluding hydrogens is 513 g/mol. The number of hydrogen-bond donors (Lipinski definition) is 1. The van der Waals surface area contributed by atoms with Crippen LogP contribution in [-0.4, -0.2) is 23.5 Å². The molecule has 0 fully saturated rings. The summed E-state index contributed by atoms with van der Waals surface area (Å²) in [6.07, 6.45) is 1.29. The summed E-state index contributed by atoms with van der Waals surface area (Å²) >= 11 is 1.13. The second kappa shape index (κ2) is 10.2. The quantitative estimate of drug-likeness (QED) is 0.238. The maximum atomic E-state index is 13.9. The van der Waals surface area contributed by atoms with E-state index in [0.717, 1.165) is 31.3 Å². The minimum absolute atomic E-state index is 0.0895. The Bertz CT molecular complexity index is 1670. The second-order valence-electron chi connectivity index (χ2n) is 8.43. The van der Waals surface area contributed by atoms with Crippen molar-refractivity contribution >= 4 is 38.2 Å². The van der Waals surface area contributed by atoms with Crippen LogP contribution in [0.2, 0.25) is 0 Å². The molecule has 5 rings (SSSR count). The molecule has 0 aliphatic carbocycles. The fourth-order valence-corrected chi connectivity index (χ4v) is 6.84. The van der Waals surface area contributed by atoms with Gasteiger partial charge in [-0.15, -0.1) is 11.3 Å². The van der Waals surface area contributed by atoms with Crippen LogP contribution in [0.3, 0.4) is 0 Å². The first-order valence-electron chi connectivity index (χ1n) is 11.4. The Morgan fingerprint density at radius 2 is 1.73 bits per heavy atom. The van der Waals surface area contributed by atoms with Crippen molar-refractivity contribution in [3.05, 3.63) is 108 Å². The molecular formula is C28H22FNO5S2. The zero-order chi connectivity index (χ0) is 26.0. The van der Waals surface area contributed by atoms with Crippen LogP contribution in [0.4, 0.5) is 4.39 Å². The highest BCUT2D eigenvalue weighted by Gasteiger charge is 2.24. The largest absolute Gasteiger partial charge is 0.489 e. The highest BCUT2D eigenvalue weighted by molar-refractivity contribution is 7.92. The molecule has 9 heteroatoms. The Morgan fingerprint density at radius 1 is 0.973 bits per heavy atom. The van der Waals surface area contributed by atoms with Gasteiger partial charge in [0.2, 0.25) is 0 Å². The Balaban J connectivity index is 1.40. The van der Waals surface area contributed by atoms with Gasteiger partial charge in [-0.2, -0.15) is 8.42 Å². The smallest absolute Gasteiger partial charge is 0.303 e. The van der Waals surface area contributed by atoms with E-state index in [1.54, 1.807) is 12.1 Å². The molecule has 2 aromatic heterocycles. The number of aliphatic carboxylic acids is 1. The number of carbonyl (C=O) groups is 1. The molecule has 0 amide bonds. The van der Waals surface area contributed by atoms with Crippen LogP contribution in [-0.2, 0) is 27.8 Å². The van der Waals surface area contributed by atoms with E-state index in [1.807, 2.05) is 54.6 Å². The summed E-state index contributed by atoms with van der Waals surface area (Å²) in [7, 11) is -3.99. The molecule has 0 spiro atoms. The van der Waals surface area contributed by atoms with Gasteiger partial charge in [-0.25, -0.2) is 8.36 Å². The van der Waals surface area contributed by atoms with Gasteiger partial charge < -0.3 is 9.84 Å². The molecule has 0 aliphatic heterocycles. The summed E-state index contributed by atoms with van der Waals surface area (Å²) in [5.74, 6) is -0.828. The summed E-state index contributed by atoms with van der Waals surface area (Å²) in [4.78, 5) is 11.8. The zero-order valence-electron chi connectivity index (χ0n) is 19.5. The molecule has 0 saturated carbocycles. The summed E-state index contributed by atoms with van der Waals surface area (Å²) in [6.45, 7) is 0.449. The third kappa shape index (κ3) is 5.28. The van der Waals surface area contributed by atoms with Crippen LogP contribution in [0.25, 0.3) is 21.3 Å². The van der Waals surface area contributed by atoms with Crippen molar-refractivity contribution in [2.75, 3.05) is 0 Å². The molecule has 0 saturated heterocycles. The number of rotatable bonds is 9. The van der Waals surface area contributed by atoms with Crippen molar-refractivity contribution in [1.82, 2.24) is 3.97 Å². The molecule has 188 valence electrons. The number of ether oxygens (including phenoxy) is 1. The SMILES string of the molecule is O=C(O)CCc1cn(S(=O)(=O)c2ccc(-c3ccc(OCc4ccccc4)cc3)s2)c2ccc(F)cc12. The Labute approximate surface area is 217 Å². The summed E-state index contributed by atoms with van der Waals surface area (Å²) in [5.41, 5.74) is 2.67. The van der Waals surface area contributed by atoms with Crippen LogP contribution < -0.4 is 4.74 Å². The summed E-state index contributed by atoms with van der Waals surface area (Å²) in [6, 6.07) is 24.4. The van der Waals surface area contributed by atoms with E-state index in [9.17, 15) is 17.6 Å². The van der Waals surface area contributed by atoms with Gasteiger partial charge in [-0.1, -0.05) is 30.3 Å². The van der Waals surface area contributed by atoms with E-state index < -0.39 is 21.8 Å². The van der Waals surface area contributed by atoms with E-state index in [4.69, 9.17) is 9.84 Å². The Kier molecular flexibility index (Phi) is 6.82. The normalized spacial score (nSPS) is 11.6. The van der Waals surface area contributed by atoms with Crippen molar-refractivity contribution in [2.45, 2.75) is 23.7 Å². The van der Waals surface area contributed by atoms with Gasteiger partial charge in [-0.05, 0) is 77.7 Å². The van der Waals surface area contributed by atoms with E-state index in [1.165, 1.54) is 24.4 Å². The highest BCUT2D eigenvalue weighted by atomic mass is 32.2. The molecule has 1 N–H and O–H groups in total. The highest BCUT2D eigenvalue weighted by Crippen LogP contribution is 2.35. The van der Waals surface area contributed by atoms with Gasteiger partial charge in [0.1, 0.15) is 22.4 Å². The third-order valence-corrected chi connectivity index (χ3v) is 9.18. The molecule has 0 atom stereocenters. The number of aromatic nitrogens is 1. The van der Waals surface area contributed by atoms with Crippen molar-refractivity contribution < 1.29 is 27.4 Å². The van der Waals surface area contributed by atoms with Crippen molar-refractivity contribution in [3.8, 4) is 16.2 Å². The van der Waals surface area contributed by atoms with Gasteiger partial charge >= 0.3 is 5.97 Å². The molecule has 6 nitrogen and oxygen atoms in total. The molecule has 37 heavy (non-hydrogen) atoms. The molecule has 0 bridgehead atoms. The summed E-state index contributed by atoms with van der Waals surface area (Å²) < 4.78 is 48.1. The summed E-state index contributed by atoms with van der Waals surface area (Å²) in [5, 5.41) is 9.43. The topological polar surface area (TPSA) is 85.6 Å². The molecule has 5 aromatic rings. The first kappa shape index (κ1) is 24.7. The molecule has 0 aliphatic rings. The van der Waals surface area contributed by atoms with Crippen LogP contribution in [0, 0.1) is 5.82 Å². The number of nitrogens with zero attached hydrogens (tertiary/aromatic N) is 1. The average molecular weight is 536 g/mol. The molecule has 2 heterocycles. The number of carboxylic acid groups (broad SMARTS) is 1. The lowest BCUT2D eigenvalue weighted by molar-refractivity contribution is -0.136. The number of halogens is 1. The van der Waals surface area contributed by atoms with Crippen LogP contribution in [0.1, 0.15) is 17.5 Å². The first-order valence-corrected chi connectivity index (χ1v) is 13.7. The average Bonchev–Trinajstić information content (AvgIpc) is 3.53. The molecule has 0 unspecified atom stereocenters. The lowest BCUT2D eigenvalue weighted by Gasteiger charge is -2.07. The number of thiophene rings is 1. The van der Waals surface area contributed by atoms with Crippen LogP contribution in [0.15, 0.2) is 95.3 Å². The predicted molar refractivity (Wildman–Crippen MR) is 141 cm³/mol. The predicted octanol–water partition coefficient (Wildman–Crippen LogP) is 6.34. The van der Waals surface area contributed by atoms with E-state index in [0.29, 0.717) is 28.8 Å². The number of aryl methyl sites for hydroxylation is 1. The minimum atomic E-state index is -3.99. The number of fused-ring (bicyclic) bond motifs is 1. The van der Waals surface area contributed by atoms with Gasteiger partial charge in [0.15, 0.2) is 0 Å².